The van der Waals surface area contributed by atoms with Crippen molar-refractivity contribution in [3.8, 4) is 11.9 Å². The maximum Gasteiger partial charge on any atom is 0.243 e. The number of methoxy groups -OCH3 is 1. The van der Waals surface area contributed by atoms with Gasteiger partial charge in [0.2, 0.25) is 12.1 Å². The third-order valence-corrected chi connectivity index (χ3v) is 3.17. The van der Waals surface area contributed by atoms with E-state index in [2.05, 4.69) is 4.99 Å². The molecule has 0 saturated carbocycles. The standard InChI is InChI=1S/C11H9N3O2S/c1-16-9-4-2-8(3-5-9)14-10(15)6-17-11(14)13-7-12/h2-5H,6H2,1H3. The van der Waals surface area contributed by atoms with Crippen molar-refractivity contribution in [2.75, 3.05) is 17.8 Å². The van der Waals surface area contributed by atoms with Crippen molar-refractivity contribution in [1.82, 2.24) is 0 Å². The molecule has 0 atom stereocenters. The zero-order chi connectivity index (χ0) is 12.3. The first kappa shape index (κ1) is 11.5. The normalized spacial score (nSPS) is 17.3. The van der Waals surface area contributed by atoms with Crippen molar-refractivity contribution in [1.29, 1.82) is 5.26 Å². The van der Waals surface area contributed by atoms with E-state index in [4.69, 9.17) is 10.00 Å². The van der Waals surface area contributed by atoms with Crippen LogP contribution in [-0.2, 0) is 4.79 Å². The lowest BCUT2D eigenvalue weighted by atomic mass is 10.3. The second-order valence-corrected chi connectivity index (χ2v) is 4.15. The summed E-state index contributed by atoms with van der Waals surface area (Å²) in [6, 6.07) is 7.04. The lowest BCUT2D eigenvalue weighted by molar-refractivity contribution is -0.115. The fourth-order valence-electron chi connectivity index (χ4n) is 1.47. The molecule has 1 aromatic rings. The van der Waals surface area contributed by atoms with Crippen LogP contribution in [0.3, 0.4) is 0 Å². The van der Waals surface area contributed by atoms with Gasteiger partial charge in [0, 0.05) is 0 Å². The molecule has 1 aliphatic rings. The fraction of sp³-hybridized carbons (Fsp3) is 0.182. The van der Waals surface area contributed by atoms with Gasteiger partial charge in [-0.25, -0.2) is 0 Å². The van der Waals surface area contributed by atoms with Crippen molar-refractivity contribution in [2.45, 2.75) is 0 Å². The van der Waals surface area contributed by atoms with E-state index in [1.54, 1.807) is 37.6 Å². The van der Waals surface area contributed by atoms with Gasteiger partial charge in [-0.05, 0) is 24.3 Å². The predicted molar refractivity (Wildman–Crippen MR) is 66.0 cm³/mol. The number of ether oxygens (including phenoxy) is 1. The van der Waals surface area contributed by atoms with Crippen LogP contribution in [0.25, 0.3) is 0 Å². The van der Waals surface area contributed by atoms with Crippen LogP contribution in [0.15, 0.2) is 29.3 Å². The van der Waals surface area contributed by atoms with Crippen LogP contribution in [0.4, 0.5) is 5.69 Å². The molecule has 5 nitrogen and oxygen atoms in total. The summed E-state index contributed by atoms with van der Waals surface area (Å²) in [5.41, 5.74) is 0.690. The number of amidine groups is 1. The number of carbonyl (C=O) groups excluding carboxylic acids is 1. The molecule has 1 aromatic carbocycles. The second kappa shape index (κ2) is 4.89. The van der Waals surface area contributed by atoms with E-state index in [1.165, 1.54) is 16.7 Å². The van der Waals surface area contributed by atoms with Crippen molar-refractivity contribution in [2.24, 2.45) is 4.99 Å². The smallest absolute Gasteiger partial charge is 0.243 e. The first-order chi connectivity index (χ1) is 8.26. The molecule has 86 valence electrons. The van der Waals surface area contributed by atoms with Crippen LogP contribution in [-0.4, -0.2) is 23.9 Å². The molecule has 1 amide bonds. The van der Waals surface area contributed by atoms with Gasteiger partial charge in [0.25, 0.3) is 0 Å². The first-order valence-electron chi connectivity index (χ1n) is 4.83. The van der Waals surface area contributed by atoms with E-state index >= 15 is 0 Å². The average molecular weight is 247 g/mol. The monoisotopic (exact) mass is 247 g/mol. The molecule has 1 saturated heterocycles. The minimum absolute atomic E-state index is 0.0748. The summed E-state index contributed by atoms with van der Waals surface area (Å²) < 4.78 is 5.04. The number of aliphatic imine (C=N–C) groups is 1. The molecule has 17 heavy (non-hydrogen) atoms. The van der Waals surface area contributed by atoms with E-state index in [9.17, 15) is 4.79 Å². The lowest BCUT2D eigenvalue weighted by Gasteiger charge is -2.15. The Morgan fingerprint density at radius 3 is 2.76 bits per heavy atom. The highest BCUT2D eigenvalue weighted by Gasteiger charge is 2.29. The fourth-order valence-corrected chi connectivity index (χ4v) is 2.30. The zero-order valence-corrected chi connectivity index (χ0v) is 9.90. The minimum Gasteiger partial charge on any atom is -0.497 e. The molecule has 1 heterocycles. The number of hydrogen-bond acceptors (Lipinski definition) is 5. The molecular weight excluding hydrogens is 238 g/mol. The third kappa shape index (κ3) is 2.24. The van der Waals surface area contributed by atoms with E-state index < -0.39 is 0 Å². The molecule has 0 aromatic heterocycles. The summed E-state index contributed by atoms with van der Waals surface area (Å²) in [4.78, 5) is 16.8. The number of nitriles is 1. The van der Waals surface area contributed by atoms with Gasteiger partial charge in [-0.1, -0.05) is 11.8 Å². The number of thioether (sulfide) groups is 1. The number of carbonyl (C=O) groups is 1. The summed E-state index contributed by atoms with van der Waals surface area (Å²) in [7, 11) is 1.58. The van der Waals surface area contributed by atoms with Crippen molar-refractivity contribution >= 4 is 28.5 Å². The Morgan fingerprint density at radius 2 is 2.18 bits per heavy atom. The summed E-state index contributed by atoms with van der Waals surface area (Å²) in [6.07, 6.45) is 1.70. The Kier molecular flexibility index (Phi) is 3.30. The Bertz CT molecular complexity index is 504. The molecule has 1 aliphatic heterocycles. The highest BCUT2D eigenvalue weighted by molar-refractivity contribution is 8.15. The quantitative estimate of drug-likeness (QED) is 0.745. The van der Waals surface area contributed by atoms with Crippen molar-refractivity contribution in [3.05, 3.63) is 24.3 Å². The molecule has 1 fully saturated rings. The number of nitrogens with zero attached hydrogens (tertiary/aromatic N) is 3. The Balaban J connectivity index is 2.34. The largest absolute Gasteiger partial charge is 0.497 e. The molecule has 0 aliphatic carbocycles. The van der Waals surface area contributed by atoms with Crippen LogP contribution in [0, 0.1) is 11.5 Å². The van der Waals surface area contributed by atoms with Gasteiger partial charge in [-0.3, -0.25) is 9.69 Å². The predicted octanol–water partition coefficient (Wildman–Crippen LogP) is 1.61. The Labute approximate surface area is 103 Å². The van der Waals surface area contributed by atoms with Crippen molar-refractivity contribution < 1.29 is 9.53 Å². The molecule has 6 heteroatoms. The summed E-state index contributed by atoms with van der Waals surface area (Å²) in [5.74, 6) is 0.952. The first-order valence-corrected chi connectivity index (χ1v) is 5.81. The molecule has 0 unspecified atom stereocenters. The second-order valence-electron chi connectivity index (χ2n) is 3.21. The maximum atomic E-state index is 11.7. The molecule has 0 bridgehead atoms. The van der Waals surface area contributed by atoms with Gasteiger partial charge in [0.05, 0.1) is 18.6 Å². The van der Waals surface area contributed by atoms with Crippen LogP contribution >= 0.6 is 11.8 Å². The van der Waals surface area contributed by atoms with Crippen LogP contribution in [0.5, 0.6) is 5.75 Å². The van der Waals surface area contributed by atoms with Gasteiger partial charge in [-0.15, -0.1) is 4.99 Å². The zero-order valence-electron chi connectivity index (χ0n) is 9.08. The maximum absolute atomic E-state index is 11.7. The lowest BCUT2D eigenvalue weighted by Crippen LogP contribution is -2.28. The van der Waals surface area contributed by atoms with Gasteiger partial charge >= 0.3 is 0 Å². The molecule has 0 radical (unpaired) electrons. The Hall–Kier alpha value is -2.00. The van der Waals surface area contributed by atoms with Crippen LogP contribution < -0.4 is 9.64 Å². The van der Waals surface area contributed by atoms with Crippen molar-refractivity contribution in [3.63, 3.8) is 0 Å². The number of anilines is 1. The van der Waals surface area contributed by atoms with Gasteiger partial charge < -0.3 is 4.74 Å². The molecule has 2 rings (SSSR count). The molecular formula is C11H9N3O2S. The highest BCUT2D eigenvalue weighted by atomic mass is 32.2. The van der Waals surface area contributed by atoms with Gasteiger partial charge in [-0.2, -0.15) is 5.26 Å². The topological polar surface area (TPSA) is 65.7 Å². The van der Waals surface area contributed by atoms with E-state index in [0.717, 1.165) is 0 Å². The third-order valence-electron chi connectivity index (χ3n) is 2.24. The van der Waals surface area contributed by atoms with Gasteiger partial charge in [0.1, 0.15) is 5.75 Å². The van der Waals surface area contributed by atoms with E-state index in [-0.39, 0.29) is 5.91 Å². The van der Waals surface area contributed by atoms with Gasteiger partial charge in [0.15, 0.2) is 5.17 Å². The number of hydrogen-bond donors (Lipinski definition) is 0. The number of rotatable bonds is 2. The summed E-state index contributed by atoms with van der Waals surface area (Å²) >= 11 is 1.26. The number of benzene rings is 1. The molecule has 0 spiro atoms. The van der Waals surface area contributed by atoms with E-state index in [1.807, 2.05) is 0 Å². The highest BCUT2D eigenvalue weighted by Crippen LogP contribution is 2.27. The minimum atomic E-state index is -0.0748. The summed E-state index contributed by atoms with van der Waals surface area (Å²) in [6.45, 7) is 0. The van der Waals surface area contributed by atoms with Crippen LogP contribution in [0.1, 0.15) is 0 Å². The average Bonchev–Trinajstić information content (AvgIpc) is 2.71. The molecule has 0 N–H and O–H groups in total. The summed E-state index contributed by atoms with van der Waals surface area (Å²) in [5, 5.41) is 8.97. The number of amides is 1. The SMILES string of the molecule is COc1ccc(N2C(=O)CSC2=NC#N)cc1. The Morgan fingerprint density at radius 1 is 1.47 bits per heavy atom. The van der Waals surface area contributed by atoms with E-state index in [0.29, 0.717) is 22.4 Å². The van der Waals surface area contributed by atoms with Crippen LogP contribution in [0.2, 0.25) is 0 Å².